The molecule has 0 aromatic carbocycles. The van der Waals surface area contributed by atoms with Gasteiger partial charge in [0.25, 0.3) is 0 Å². The Morgan fingerprint density at radius 3 is 1.61 bits per heavy atom. The zero-order valence-corrected chi connectivity index (χ0v) is 34.4. The van der Waals surface area contributed by atoms with Crippen LogP contribution in [0.2, 0.25) is 0 Å². The molecule has 0 aliphatic heterocycles. The van der Waals surface area contributed by atoms with Crippen molar-refractivity contribution in [3.63, 3.8) is 0 Å². The Labute approximate surface area is 327 Å². The largest absolute Gasteiger partial charge is 0.480 e. The highest BCUT2D eigenvalue weighted by Gasteiger charge is 2.27. The average Bonchev–Trinajstić information content (AvgIpc) is 3.15. The summed E-state index contributed by atoms with van der Waals surface area (Å²) in [5.74, 6) is -1.82. The van der Waals surface area contributed by atoms with Crippen LogP contribution in [-0.4, -0.2) is 60.5 Å². The molecule has 0 saturated heterocycles. The fraction of sp³-hybridized carbons (Fsp3) is 0.674. The van der Waals surface area contributed by atoms with Gasteiger partial charge in [0.2, 0.25) is 0 Å². The fourth-order valence-electron chi connectivity index (χ4n) is 5.02. The zero-order valence-electron chi connectivity index (χ0n) is 33.5. The predicted octanol–water partition coefficient (Wildman–Crippen LogP) is 11.0. The molecule has 0 heterocycles. The highest BCUT2D eigenvalue weighted by molar-refractivity contribution is 7.47. The molecule has 4 N–H and O–H groups in total. The van der Waals surface area contributed by atoms with Crippen LogP contribution in [0.4, 0.5) is 0 Å². The van der Waals surface area contributed by atoms with Crippen LogP contribution >= 0.6 is 7.82 Å². The molecule has 0 aromatic rings. The van der Waals surface area contributed by atoms with Gasteiger partial charge < -0.3 is 25.2 Å². The van der Waals surface area contributed by atoms with E-state index in [1.807, 2.05) is 0 Å². The first kappa shape index (κ1) is 51.4. The number of ether oxygens (including phenoxy) is 2. The van der Waals surface area contributed by atoms with Crippen LogP contribution in [0.1, 0.15) is 149 Å². The van der Waals surface area contributed by atoms with E-state index < -0.39 is 45.1 Å². The summed E-state index contributed by atoms with van der Waals surface area (Å²) in [5.41, 5.74) is 5.34. The maximum Gasteiger partial charge on any atom is 0.472 e. The third kappa shape index (κ3) is 37.7. The Hall–Kier alpha value is -2.59. The maximum atomic E-state index is 12.6. The number of nitrogens with two attached hydrogens (primary N) is 1. The molecule has 0 amide bonds. The van der Waals surface area contributed by atoms with Crippen molar-refractivity contribution in [1.82, 2.24) is 0 Å². The highest BCUT2D eigenvalue weighted by Crippen LogP contribution is 2.43. The first-order valence-electron chi connectivity index (χ1n) is 20.5. The van der Waals surface area contributed by atoms with Gasteiger partial charge in [-0.15, -0.1) is 0 Å². The van der Waals surface area contributed by atoms with E-state index in [9.17, 15) is 19.0 Å². The molecule has 54 heavy (non-hydrogen) atoms. The summed E-state index contributed by atoms with van der Waals surface area (Å²) >= 11 is 0. The molecular weight excluding hydrogens is 705 g/mol. The quantitative estimate of drug-likeness (QED) is 0.0239. The smallest absolute Gasteiger partial charge is 0.472 e. The van der Waals surface area contributed by atoms with E-state index in [2.05, 4.69) is 86.8 Å². The number of allylic oxidation sites excluding steroid dienone is 12. The maximum absolute atomic E-state index is 12.6. The molecule has 3 atom stereocenters. The monoisotopic (exact) mass is 780 g/mol. The lowest BCUT2D eigenvalue weighted by Crippen LogP contribution is -2.34. The minimum atomic E-state index is -4.63. The molecule has 11 heteroatoms. The molecular formula is C43H74NO9P. The van der Waals surface area contributed by atoms with Gasteiger partial charge in [0.15, 0.2) is 0 Å². The molecule has 310 valence electrons. The number of carboxylic acids is 1. The van der Waals surface area contributed by atoms with Gasteiger partial charge in [-0.2, -0.15) is 0 Å². The Kier molecular flexibility index (Phi) is 36.8. The Bertz CT molecular complexity index is 1130. The number of esters is 1. The molecule has 0 spiro atoms. The number of aliphatic carboxylic acids is 1. The third-order valence-corrected chi connectivity index (χ3v) is 9.17. The van der Waals surface area contributed by atoms with Gasteiger partial charge in [-0.1, -0.05) is 138 Å². The Morgan fingerprint density at radius 2 is 1.07 bits per heavy atom. The van der Waals surface area contributed by atoms with Crippen LogP contribution in [0, 0.1) is 0 Å². The van der Waals surface area contributed by atoms with Crippen LogP contribution in [0.15, 0.2) is 72.9 Å². The van der Waals surface area contributed by atoms with Crippen LogP contribution in [0.5, 0.6) is 0 Å². The van der Waals surface area contributed by atoms with E-state index in [4.69, 9.17) is 29.4 Å². The van der Waals surface area contributed by atoms with E-state index in [0.717, 1.165) is 83.5 Å². The number of hydrogen-bond acceptors (Lipinski definition) is 8. The SMILES string of the molecule is CC/C=C\C/C=C\C/C=C\C/C=C\CCCCCCC(=O)OC(COCCCCCCCC/C=C\C/C=C\CCCC)COP(=O)(O)OCC(N)C(=O)O. The van der Waals surface area contributed by atoms with Crippen molar-refractivity contribution in [1.29, 1.82) is 0 Å². The molecule has 0 aliphatic carbocycles. The van der Waals surface area contributed by atoms with Gasteiger partial charge in [0.05, 0.1) is 19.8 Å². The number of phosphoric acid groups is 1. The molecule has 10 nitrogen and oxygen atoms in total. The molecule has 0 radical (unpaired) electrons. The summed E-state index contributed by atoms with van der Waals surface area (Å²) in [6.07, 6.45) is 46.6. The minimum Gasteiger partial charge on any atom is -0.480 e. The van der Waals surface area contributed by atoms with Crippen molar-refractivity contribution >= 4 is 19.8 Å². The summed E-state index contributed by atoms with van der Waals surface area (Å²) in [6, 6.07) is -1.48. The van der Waals surface area contributed by atoms with Gasteiger partial charge >= 0.3 is 19.8 Å². The Balaban J connectivity index is 4.36. The van der Waals surface area contributed by atoms with Crippen molar-refractivity contribution in [3.05, 3.63) is 72.9 Å². The summed E-state index contributed by atoms with van der Waals surface area (Å²) in [5, 5.41) is 8.88. The number of phosphoric ester groups is 1. The van der Waals surface area contributed by atoms with Crippen molar-refractivity contribution in [2.75, 3.05) is 26.4 Å². The second-order valence-corrected chi connectivity index (χ2v) is 14.8. The molecule has 0 rings (SSSR count). The van der Waals surface area contributed by atoms with E-state index in [-0.39, 0.29) is 13.0 Å². The van der Waals surface area contributed by atoms with E-state index in [1.165, 1.54) is 38.5 Å². The van der Waals surface area contributed by atoms with Crippen molar-refractivity contribution < 1.29 is 42.7 Å². The number of unbranched alkanes of at least 4 members (excludes halogenated alkanes) is 12. The molecule has 0 fully saturated rings. The van der Waals surface area contributed by atoms with Crippen LogP contribution < -0.4 is 5.73 Å². The Morgan fingerprint density at radius 1 is 0.611 bits per heavy atom. The van der Waals surface area contributed by atoms with Gasteiger partial charge in [0.1, 0.15) is 12.1 Å². The van der Waals surface area contributed by atoms with Gasteiger partial charge in [0, 0.05) is 13.0 Å². The van der Waals surface area contributed by atoms with Crippen molar-refractivity contribution in [2.24, 2.45) is 5.73 Å². The topological polar surface area (TPSA) is 155 Å². The van der Waals surface area contributed by atoms with E-state index in [0.29, 0.717) is 13.0 Å². The standard InChI is InChI=1S/C43H74NO9P/c1-3-5-7-9-11-13-15-17-19-20-21-23-25-27-29-31-33-35-42(45)53-40(38-51-54(48,49)52-39-41(44)43(46)47)37-50-36-34-32-30-28-26-24-22-18-16-14-12-10-8-6-4-2/h5,7,10-13,16-19,21,23,40-41H,3-4,6,8-9,14-15,20,22,24-39,44H2,1-2H3,(H,46,47)(H,48,49)/b7-5-,12-10-,13-11-,18-16-,19-17-,23-21-. The van der Waals surface area contributed by atoms with Gasteiger partial charge in [-0.25, -0.2) is 4.57 Å². The molecule has 0 aromatic heterocycles. The number of hydrogen-bond donors (Lipinski definition) is 3. The normalized spacial score (nSPS) is 14.7. The number of carbonyl (C=O) groups is 2. The highest BCUT2D eigenvalue weighted by atomic mass is 31.2. The lowest BCUT2D eigenvalue weighted by molar-refractivity contribution is -0.154. The summed E-state index contributed by atoms with van der Waals surface area (Å²) in [6.45, 7) is 3.65. The van der Waals surface area contributed by atoms with E-state index in [1.54, 1.807) is 0 Å². The molecule has 3 unspecified atom stereocenters. The predicted molar refractivity (Wildman–Crippen MR) is 221 cm³/mol. The third-order valence-electron chi connectivity index (χ3n) is 8.22. The summed E-state index contributed by atoms with van der Waals surface area (Å²) in [7, 11) is -4.63. The summed E-state index contributed by atoms with van der Waals surface area (Å²) in [4.78, 5) is 33.5. The van der Waals surface area contributed by atoms with Crippen molar-refractivity contribution in [3.8, 4) is 0 Å². The van der Waals surface area contributed by atoms with Gasteiger partial charge in [-0.3, -0.25) is 18.6 Å². The lowest BCUT2D eigenvalue weighted by atomic mass is 10.1. The molecule has 0 bridgehead atoms. The van der Waals surface area contributed by atoms with Crippen molar-refractivity contribution in [2.45, 2.75) is 161 Å². The van der Waals surface area contributed by atoms with Crippen LogP contribution in [0.3, 0.4) is 0 Å². The van der Waals surface area contributed by atoms with E-state index >= 15 is 0 Å². The summed E-state index contributed by atoms with van der Waals surface area (Å²) < 4.78 is 33.3. The van der Waals surface area contributed by atoms with Crippen LogP contribution in [-0.2, 0) is 32.7 Å². The molecule has 0 aliphatic rings. The van der Waals surface area contributed by atoms with Gasteiger partial charge in [-0.05, 0) is 77.0 Å². The average molecular weight is 780 g/mol. The first-order chi connectivity index (χ1) is 26.2. The minimum absolute atomic E-state index is 0.00459. The lowest BCUT2D eigenvalue weighted by Gasteiger charge is -2.20. The number of carbonyl (C=O) groups excluding carboxylic acids is 1. The number of carboxylic acid groups (broad SMARTS) is 1. The molecule has 0 saturated carbocycles. The first-order valence-corrected chi connectivity index (χ1v) is 22.0. The second-order valence-electron chi connectivity index (χ2n) is 13.4. The van der Waals surface area contributed by atoms with Crippen LogP contribution in [0.25, 0.3) is 0 Å². The fourth-order valence-corrected chi connectivity index (χ4v) is 5.80. The second kappa shape index (κ2) is 38.7. The zero-order chi connectivity index (χ0) is 39.8. The number of rotatable bonds is 38.